The molecule has 0 bridgehead atoms. The number of benzene rings is 1. The molecule has 2 saturated heterocycles. The van der Waals surface area contributed by atoms with Gasteiger partial charge in [-0.1, -0.05) is 6.07 Å². The van der Waals surface area contributed by atoms with Crippen LogP contribution < -0.4 is 5.32 Å². The number of aryl methyl sites for hydroxylation is 2. The summed E-state index contributed by atoms with van der Waals surface area (Å²) in [6.45, 7) is 7.54. The molecule has 6 nitrogen and oxygen atoms in total. The van der Waals surface area contributed by atoms with E-state index in [1.165, 1.54) is 18.4 Å². The van der Waals surface area contributed by atoms with Crippen LogP contribution in [0.5, 0.6) is 0 Å². The van der Waals surface area contributed by atoms with E-state index in [1.807, 2.05) is 34.9 Å². The quantitative estimate of drug-likeness (QED) is 0.782. The van der Waals surface area contributed by atoms with Gasteiger partial charge in [-0.3, -0.25) is 14.4 Å². The van der Waals surface area contributed by atoms with Crippen molar-refractivity contribution in [2.45, 2.75) is 46.0 Å². The first-order valence-corrected chi connectivity index (χ1v) is 11.3. The number of carbonyl (C=O) groups excluding carboxylic acids is 3. The molecule has 0 spiro atoms. The molecule has 3 aliphatic rings. The van der Waals surface area contributed by atoms with Gasteiger partial charge in [0.25, 0.3) is 5.91 Å². The average molecular weight is 412 g/mol. The Labute approximate surface area is 179 Å². The molecule has 4 rings (SSSR count). The summed E-state index contributed by atoms with van der Waals surface area (Å²) in [5.74, 6) is 1.07. The Balaban J connectivity index is 1.24. The average Bonchev–Trinajstić information content (AvgIpc) is 3.50. The minimum atomic E-state index is -0.206. The number of amides is 3. The smallest absolute Gasteiger partial charge is 0.253 e. The molecular weight excluding hydrogens is 378 g/mol. The summed E-state index contributed by atoms with van der Waals surface area (Å²) in [7, 11) is 0. The van der Waals surface area contributed by atoms with Crippen molar-refractivity contribution < 1.29 is 14.4 Å². The zero-order chi connectivity index (χ0) is 21.3. The van der Waals surface area contributed by atoms with Gasteiger partial charge in [-0.05, 0) is 74.6 Å². The maximum Gasteiger partial charge on any atom is 0.253 e. The standard InChI is InChI=1S/C24H33N3O3/c1-16-3-6-20(11-17(16)2)24(30)26-9-7-19(8-10-26)14-27-15-21(12-22(27)28)23(29)25-13-18-4-5-18/h3,6,11,18-19,21H,4-5,7-10,12-15H2,1-2H3,(H,25,29). The van der Waals surface area contributed by atoms with Crippen molar-refractivity contribution in [2.24, 2.45) is 17.8 Å². The van der Waals surface area contributed by atoms with Gasteiger partial charge in [0.2, 0.25) is 11.8 Å². The highest BCUT2D eigenvalue weighted by molar-refractivity contribution is 5.94. The predicted octanol–water partition coefficient (Wildman–Crippen LogP) is 2.53. The molecule has 3 fully saturated rings. The number of nitrogens with zero attached hydrogens (tertiary/aromatic N) is 2. The Morgan fingerprint density at radius 1 is 1.03 bits per heavy atom. The largest absolute Gasteiger partial charge is 0.356 e. The van der Waals surface area contributed by atoms with E-state index in [-0.39, 0.29) is 23.6 Å². The Morgan fingerprint density at radius 2 is 1.77 bits per heavy atom. The molecule has 1 unspecified atom stereocenters. The second-order valence-electron chi connectivity index (χ2n) is 9.42. The van der Waals surface area contributed by atoms with Gasteiger partial charge in [0.05, 0.1) is 5.92 Å². The minimum absolute atomic E-state index is 0.0338. The lowest BCUT2D eigenvalue weighted by atomic mass is 9.95. The Kier molecular flexibility index (Phi) is 6.11. The zero-order valence-corrected chi connectivity index (χ0v) is 18.2. The van der Waals surface area contributed by atoms with Crippen molar-refractivity contribution in [3.05, 3.63) is 34.9 Å². The molecule has 1 aromatic rings. The van der Waals surface area contributed by atoms with Crippen LogP contribution in [0.3, 0.4) is 0 Å². The van der Waals surface area contributed by atoms with Gasteiger partial charge in [0.15, 0.2) is 0 Å². The molecule has 2 heterocycles. The molecule has 1 atom stereocenters. The highest BCUT2D eigenvalue weighted by atomic mass is 16.2. The predicted molar refractivity (Wildman–Crippen MR) is 115 cm³/mol. The fourth-order valence-corrected chi connectivity index (χ4v) is 4.52. The van der Waals surface area contributed by atoms with Gasteiger partial charge in [-0.2, -0.15) is 0 Å². The minimum Gasteiger partial charge on any atom is -0.356 e. The maximum atomic E-state index is 12.8. The molecule has 0 aromatic heterocycles. The Morgan fingerprint density at radius 3 is 2.43 bits per heavy atom. The summed E-state index contributed by atoms with van der Waals surface area (Å²) in [4.78, 5) is 41.4. The third-order valence-corrected chi connectivity index (χ3v) is 6.98. The van der Waals surface area contributed by atoms with Crippen LogP contribution in [-0.2, 0) is 9.59 Å². The molecular formula is C24H33N3O3. The first-order valence-electron chi connectivity index (χ1n) is 11.3. The van der Waals surface area contributed by atoms with Crippen LogP contribution in [0.15, 0.2) is 18.2 Å². The van der Waals surface area contributed by atoms with E-state index in [2.05, 4.69) is 12.2 Å². The van der Waals surface area contributed by atoms with Crippen molar-refractivity contribution in [2.75, 3.05) is 32.7 Å². The topological polar surface area (TPSA) is 69.7 Å². The van der Waals surface area contributed by atoms with E-state index in [0.717, 1.165) is 43.6 Å². The van der Waals surface area contributed by atoms with Gasteiger partial charge in [-0.15, -0.1) is 0 Å². The molecule has 0 radical (unpaired) electrons. The third-order valence-electron chi connectivity index (χ3n) is 6.98. The van der Waals surface area contributed by atoms with E-state index in [4.69, 9.17) is 0 Å². The van der Waals surface area contributed by atoms with E-state index in [1.54, 1.807) is 0 Å². The summed E-state index contributed by atoms with van der Waals surface area (Å²) < 4.78 is 0. The second-order valence-corrected chi connectivity index (χ2v) is 9.42. The number of rotatable bonds is 6. The van der Waals surface area contributed by atoms with E-state index in [9.17, 15) is 14.4 Å². The number of hydrogen-bond donors (Lipinski definition) is 1. The van der Waals surface area contributed by atoms with Gasteiger partial charge < -0.3 is 15.1 Å². The van der Waals surface area contributed by atoms with Crippen LogP contribution in [0, 0.1) is 31.6 Å². The lowest BCUT2D eigenvalue weighted by Crippen LogP contribution is -2.42. The molecule has 3 amide bonds. The molecule has 1 saturated carbocycles. The molecule has 2 aliphatic heterocycles. The van der Waals surface area contributed by atoms with E-state index >= 15 is 0 Å². The summed E-state index contributed by atoms with van der Waals surface area (Å²) in [5.41, 5.74) is 3.09. The second kappa shape index (κ2) is 8.78. The third kappa shape index (κ3) is 4.85. The van der Waals surface area contributed by atoms with E-state index in [0.29, 0.717) is 31.3 Å². The number of carbonyl (C=O) groups is 3. The first-order chi connectivity index (χ1) is 14.4. The van der Waals surface area contributed by atoms with Crippen molar-refractivity contribution in [3.63, 3.8) is 0 Å². The summed E-state index contributed by atoms with van der Waals surface area (Å²) in [6, 6.07) is 5.89. The molecule has 30 heavy (non-hydrogen) atoms. The van der Waals surface area contributed by atoms with Crippen LogP contribution in [-0.4, -0.2) is 60.2 Å². The van der Waals surface area contributed by atoms with Crippen molar-refractivity contribution >= 4 is 17.7 Å². The SMILES string of the molecule is Cc1ccc(C(=O)N2CCC(CN3CC(C(=O)NCC4CC4)CC3=O)CC2)cc1C. The lowest BCUT2D eigenvalue weighted by molar-refractivity contribution is -0.129. The Bertz CT molecular complexity index is 825. The highest BCUT2D eigenvalue weighted by Gasteiger charge is 2.36. The number of hydrogen-bond acceptors (Lipinski definition) is 3. The monoisotopic (exact) mass is 411 g/mol. The van der Waals surface area contributed by atoms with Crippen molar-refractivity contribution in [1.29, 1.82) is 0 Å². The van der Waals surface area contributed by atoms with E-state index < -0.39 is 0 Å². The van der Waals surface area contributed by atoms with Crippen LogP contribution >= 0.6 is 0 Å². The normalized spacial score (nSPS) is 22.5. The highest BCUT2D eigenvalue weighted by Crippen LogP contribution is 2.28. The van der Waals surface area contributed by atoms with Crippen LogP contribution in [0.1, 0.15) is 53.6 Å². The summed E-state index contributed by atoms with van der Waals surface area (Å²) in [6.07, 6.45) is 4.56. The van der Waals surface area contributed by atoms with Crippen LogP contribution in [0.2, 0.25) is 0 Å². The number of nitrogens with one attached hydrogen (secondary N) is 1. The van der Waals surface area contributed by atoms with Crippen molar-refractivity contribution in [3.8, 4) is 0 Å². The molecule has 1 aromatic carbocycles. The fraction of sp³-hybridized carbons (Fsp3) is 0.625. The molecule has 1 aliphatic carbocycles. The van der Waals surface area contributed by atoms with Gasteiger partial charge in [0, 0.05) is 44.7 Å². The zero-order valence-electron chi connectivity index (χ0n) is 18.2. The first kappa shape index (κ1) is 20.9. The number of likely N-dealkylation sites (tertiary alicyclic amines) is 2. The molecule has 162 valence electrons. The van der Waals surface area contributed by atoms with Crippen molar-refractivity contribution in [1.82, 2.24) is 15.1 Å². The Hall–Kier alpha value is -2.37. The van der Waals surface area contributed by atoms with Gasteiger partial charge >= 0.3 is 0 Å². The summed E-state index contributed by atoms with van der Waals surface area (Å²) in [5, 5.41) is 3.01. The van der Waals surface area contributed by atoms with Crippen LogP contribution in [0.25, 0.3) is 0 Å². The summed E-state index contributed by atoms with van der Waals surface area (Å²) >= 11 is 0. The number of piperidine rings is 1. The van der Waals surface area contributed by atoms with Gasteiger partial charge in [0.1, 0.15) is 0 Å². The molecule has 6 heteroatoms. The van der Waals surface area contributed by atoms with Crippen LogP contribution in [0.4, 0.5) is 0 Å². The van der Waals surface area contributed by atoms with Gasteiger partial charge in [-0.25, -0.2) is 0 Å². The molecule has 1 N–H and O–H groups in total. The fourth-order valence-electron chi connectivity index (χ4n) is 4.52. The maximum absolute atomic E-state index is 12.8. The lowest BCUT2D eigenvalue weighted by Gasteiger charge is -2.34.